The van der Waals surface area contributed by atoms with Gasteiger partial charge in [0.1, 0.15) is 0 Å². The molecule has 0 radical (unpaired) electrons. The van der Waals surface area contributed by atoms with Crippen LogP contribution in [0.1, 0.15) is 88.4 Å². The first kappa shape index (κ1) is 23.6. The Labute approximate surface area is 218 Å². The highest BCUT2D eigenvalue weighted by molar-refractivity contribution is 5.99. The van der Waals surface area contributed by atoms with E-state index in [-0.39, 0.29) is 17.4 Å². The number of carbonyl (C=O) groups excluding carboxylic acids is 1. The topological polar surface area (TPSA) is 57.8 Å². The van der Waals surface area contributed by atoms with Gasteiger partial charge in [0.2, 0.25) is 0 Å². The summed E-state index contributed by atoms with van der Waals surface area (Å²) < 4.78 is 2.32. The van der Waals surface area contributed by atoms with E-state index in [4.69, 9.17) is 0 Å². The SMILES string of the molecule is Cc1c(C)n(Cc2cccc(C3(C#N)CC3)c2)c2ccc(C(=O)NC(C)c3cccc(C4CC4)c3)cc12. The maximum Gasteiger partial charge on any atom is 0.251 e. The summed E-state index contributed by atoms with van der Waals surface area (Å²) >= 11 is 0. The smallest absolute Gasteiger partial charge is 0.251 e. The molecule has 3 aromatic carbocycles. The molecule has 2 saturated carbocycles. The van der Waals surface area contributed by atoms with Crippen LogP contribution in [0, 0.1) is 25.2 Å². The van der Waals surface area contributed by atoms with Gasteiger partial charge < -0.3 is 9.88 Å². The Balaban J connectivity index is 1.24. The van der Waals surface area contributed by atoms with Crippen LogP contribution in [0.15, 0.2) is 66.7 Å². The first-order chi connectivity index (χ1) is 17.9. The van der Waals surface area contributed by atoms with Crippen LogP contribution in [0.5, 0.6) is 0 Å². The lowest BCUT2D eigenvalue weighted by Gasteiger charge is -2.16. The fourth-order valence-corrected chi connectivity index (χ4v) is 5.60. The molecule has 4 aromatic rings. The van der Waals surface area contributed by atoms with Gasteiger partial charge in [0.05, 0.1) is 17.5 Å². The summed E-state index contributed by atoms with van der Waals surface area (Å²) in [4.78, 5) is 13.2. The first-order valence-electron chi connectivity index (χ1n) is 13.4. The van der Waals surface area contributed by atoms with Crippen LogP contribution in [-0.4, -0.2) is 10.5 Å². The van der Waals surface area contributed by atoms with E-state index in [1.165, 1.54) is 35.2 Å². The number of aryl methyl sites for hydroxylation is 1. The second kappa shape index (κ2) is 8.92. The van der Waals surface area contributed by atoms with E-state index < -0.39 is 0 Å². The maximum absolute atomic E-state index is 13.2. The van der Waals surface area contributed by atoms with E-state index in [1.807, 2.05) is 12.1 Å². The minimum atomic E-state index is -0.279. The van der Waals surface area contributed by atoms with Gasteiger partial charge in [-0.2, -0.15) is 5.26 Å². The fourth-order valence-electron chi connectivity index (χ4n) is 5.60. The van der Waals surface area contributed by atoms with E-state index in [0.717, 1.165) is 41.4 Å². The third kappa shape index (κ3) is 4.33. The number of rotatable bonds is 7. The predicted molar refractivity (Wildman–Crippen MR) is 148 cm³/mol. The molecule has 0 spiro atoms. The normalized spacial score (nSPS) is 16.8. The van der Waals surface area contributed by atoms with Gasteiger partial charge in [0.15, 0.2) is 0 Å². The third-order valence-corrected chi connectivity index (χ3v) is 8.49. The summed E-state index contributed by atoms with van der Waals surface area (Å²) in [5, 5.41) is 13.9. The molecular formula is C33H33N3O. The number of hydrogen-bond donors (Lipinski definition) is 1. The third-order valence-electron chi connectivity index (χ3n) is 8.49. The molecule has 0 saturated heterocycles. The second-order valence-corrected chi connectivity index (χ2v) is 11.1. The monoisotopic (exact) mass is 487 g/mol. The number of amides is 1. The molecule has 4 heteroatoms. The quantitative estimate of drug-likeness (QED) is 0.299. The Kier molecular flexibility index (Phi) is 5.68. The number of fused-ring (bicyclic) bond motifs is 1. The Morgan fingerprint density at radius 2 is 1.86 bits per heavy atom. The van der Waals surface area contributed by atoms with Crippen LogP contribution >= 0.6 is 0 Å². The minimum Gasteiger partial charge on any atom is -0.346 e. The molecule has 1 N–H and O–H groups in total. The van der Waals surface area contributed by atoms with E-state index in [2.05, 4.69) is 91.3 Å². The Hall–Kier alpha value is -3.84. The van der Waals surface area contributed by atoms with Gasteiger partial charge in [-0.15, -0.1) is 0 Å². The molecule has 1 aromatic heterocycles. The molecule has 1 atom stereocenters. The summed E-state index contributed by atoms with van der Waals surface area (Å²) in [6, 6.07) is 25.6. The number of nitrogens with one attached hydrogen (secondary N) is 1. The summed E-state index contributed by atoms with van der Waals surface area (Å²) in [6.07, 6.45) is 4.45. The molecule has 2 aliphatic rings. The summed E-state index contributed by atoms with van der Waals surface area (Å²) in [5.74, 6) is 0.652. The predicted octanol–water partition coefficient (Wildman–Crippen LogP) is 7.23. The number of hydrogen-bond acceptors (Lipinski definition) is 2. The molecule has 1 heterocycles. The maximum atomic E-state index is 13.2. The number of nitrogens with zero attached hydrogens (tertiary/aromatic N) is 2. The summed E-state index contributed by atoms with van der Waals surface area (Å²) in [7, 11) is 0. The second-order valence-electron chi connectivity index (χ2n) is 11.1. The highest BCUT2D eigenvalue weighted by Crippen LogP contribution is 2.47. The van der Waals surface area contributed by atoms with Crippen molar-refractivity contribution in [3.05, 3.63) is 106 Å². The number of aromatic nitrogens is 1. The molecular weight excluding hydrogens is 454 g/mol. The Morgan fingerprint density at radius 3 is 2.59 bits per heavy atom. The van der Waals surface area contributed by atoms with Gasteiger partial charge in [-0.05, 0) is 98.4 Å². The number of benzene rings is 3. The van der Waals surface area contributed by atoms with Crippen molar-refractivity contribution < 1.29 is 4.79 Å². The highest BCUT2D eigenvalue weighted by Gasteiger charge is 2.44. The van der Waals surface area contributed by atoms with Gasteiger partial charge in [0, 0.05) is 28.7 Å². The van der Waals surface area contributed by atoms with Gasteiger partial charge in [-0.3, -0.25) is 4.79 Å². The van der Waals surface area contributed by atoms with Crippen molar-refractivity contribution in [1.82, 2.24) is 9.88 Å². The molecule has 0 bridgehead atoms. The van der Waals surface area contributed by atoms with Gasteiger partial charge in [-0.1, -0.05) is 48.5 Å². The van der Waals surface area contributed by atoms with Crippen molar-refractivity contribution in [3.63, 3.8) is 0 Å². The standard InChI is InChI=1S/C33H33N3O/c1-21-23(3)36(19-24-6-4-9-29(16-24)33(20-34)14-15-33)31-13-12-28(18-30(21)31)32(37)35-22(2)26-7-5-8-27(17-26)25-10-11-25/h4-9,12-13,16-18,22,25H,10-11,14-15,19H2,1-3H3,(H,35,37). The molecule has 1 amide bonds. The zero-order valence-corrected chi connectivity index (χ0v) is 21.8. The molecule has 6 rings (SSSR count). The van der Waals surface area contributed by atoms with Crippen LogP contribution in [-0.2, 0) is 12.0 Å². The molecule has 2 fully saturated rings. The van der Waals surface area contributed by atoms with Crippen LogP contribution in [0.4, 0.5) is 0 Å². The van der Waals surface area contributed by atoms with Crippen LogP contribution < -0.4 is 5.32 Å². The average molecular weight is 488 g/mol. The van der Waals surface area contributed by atoms with Crippen LogP contribution in [0.25, 0.3) is 10.9 Å². The van der Waals surface area contributed by atoms with E-state index >= 15 is 0 Å². The van der Waals surface area contributed by atoms with Crippen molar-refractivity contribution in [2.24, 2.45) is 0 Å². The van der Waals surface area contributed by atoms with Crippen molar-refractivity contribution in [1.29, 1.82) is 5.26 Å². The first-order valence-corrected chi connectivity index (χ1v) is 13.4. The number of carbonyl (C=O) groups is 1. The lowest BCUT2D eigenvalue weighted by molar-refractivity contribution is 0.0940. The van der Waals surface area contributed by atoms with E-state index in [9.17, 15) is 10.1 Å². The number of nitriles is 1. The lowest BCUT2D eigenvalue weighted by atomic mass is 9.96. The molecule has 0 aliphatic heterocycles. The lowest BCUT2D eigenvalue weighted by Crippen LogP contribution is -2.26. The minimum absolute atomic E-state index is 0.0463. The zero-order chi connectivity index (χ0) is 25.7. The zero-order valence-electron chi connectivity index (χ0n) is 21.8. The molecule has 37 heavy (non-hydrogen) atoms. The van der Waals surface area contributed by atoms with Crippen molar-refractivity contribution in [2.45, 2.75) is 70.4 Å². The van der Waals surface area contributed by atoms with E-state index in [0.29, 0.717) is 11.5 Å². The Morgan fingerprint density at radius 1 is 1.08 bits per heavy atom. The molecule has 2 aliphatic carbocycles. The highest BCUT2D eigenvalue weighted by atomic mass is 16.1. The molecule has 4 nitrogen and oxygen atoms in total. The van der Waals surface area contributed by atoms with Gasteiger partial charge in [-0.25, -0.2) is 0 Å². The van der Waals surface area contributed by atoms with Crippen molar-refractivity contribution >= 4 is 16.8 Å². The average Bonchev–Trinajstić information content (AvgIpc) is 3.85. The Bertz CT molecular complexity index is 1560. The fraction of sp³-hybridized carbons (Fsp3) is 0.333. The largest absolute Gasteiger partial charge is 0.346 e. The summed E-state index contributed by atoms with van der Waals surface area (Å²) in [5.41, 5.74) is 8.80. The van der Waals surface area contributed by atoms with Crippen molar-refractivity contribution in [3.8, 4) is 6.07 Å². The van der Waals surface area contributed by atoms with Crippen LogP contribution in [0.2, 0.25) is 0 Å². The van der Waals surface area contributed by atoms with Crippen molar-refractivity contribution in [2.75, 3.05) is 0 Å². The van der Waals surface area contributed by atoms with E-state index in [1.54, 1.807) is 0 Å². The van der Waals surface area contributed by atoms with Crippen LogP contribution in [0.3, 0.4) is 0 Å². The summed E-state index contributed by atoms with van der Waals surface area (Å²) in [6.45, 7) is 7.07. The van der Waals surface area contributed by atoms with Gasteiger partial charge in [0.25, 0.3) is 5.91 Å². The van der Waals surface area contributed by atoms with Gasteiger partial charge >= 0.3 is 0 Å². The molecule has 186 valence electrons. The molecule has 1 unspecified atom stereocenters.